The molecule has 0 radical (unpaired) electrons. The topological polar surface area (TPSA) is 55.4 Å². The van der Waals surface area contributed by atoms with Crippen molar-refractivity contribution >= 4 is 35.2 Å². The zero-order valence-electron chi connectivity index (χ0n) is 14.1. The van der Waals surface area contributed by atoms with E-state index in [-0.39, 0.29) is 24.3 Å². The lowest BCUT2D eigenvalue weighted by molar-refractivity contribution is -0.146. The van der Waals surface area contributed by atoms with Gasteiger partial charge in [-0.2, -0.15) is 0 Å². The van der Waals surface area contributed by atoms with Gasteiger partial charge in [0.05, 0.1) is 11.8 Å². The number of hydrogen-bond acceptors (Lipinski definition) is 4. The number of rotatable bonds is 7. The summed E-state index contributed by atoms with van der Waals surface area (Å²) < 4.78 is 5.03. The quantitative estimate of drug-likeness (QED) is 0.581. The van der Waals surface area contributed by atoms with Gasteiger partial charge in [0.15, 0.2) is 6.61 Å². The van der Waals surface area contributed by atoms with Crippen LogP contribution in [0.5, 0.6) is 0 Å². The summed E-state index contributed by atoms with van der Waals surface area (Å²) in [6, 6.07) is 14.8. The third-order valence-corrected chi connectivity index (χ3v) is 4.95. The Balaban J connectivity index is 1.73. The lowest BCUT2D eigenvalue weighted by atomic mass is 10.1. The lowest BCUT2D eigenvalue weighted by Gasteiger charge is -2.14. The molecule has 2 rings (SSSR count). The molecule has 0 spiro atoms. The number of carbonyl (C=O) groups excluding carboxylic acids is 2. The maximum atomic E-state index is 11.9. The van der Waals surface area contributed by atoms with Gasteiger partial charge in [0.1, 0.15) is 0 Å². The molecule has 0 bridgehead atoms. The van der Waals surface area contributed by atoms with Crippen molar-refractivity contribution in [1.29, 1.82) is 0 Å². The van der Waals surface area contributed by atoms with Crippen LogP contribution in [0.15, 0.2) is 53.4 Å². The highest BCUT2D eigenvalue weighted by atomic mass is 35.5. The summed E-state index contributed by atoms with van der Waals surface area (Å²) in [5.41, 5.74) is 2.04. The molecule has 0 aliphatic carbocycles. The van der Waals surface area contributed by atoms with Crippen LogP contribution < -0.4 is 5.32 Å². The van der Waals surface area contributed by atoms with Crippen LogP contribution >= 0.6 is 23.4 Å². The average Bonchev–Trinajstić information content (AvgIpc) is 2.59. The van der Waals surface area contributed by atoms with E-state index in [2.05, 4.69) is 5.32 Å². The van der Waals surface area contributed by atoms with E-state index in [0.717, 1.165) is 16.0 Å². The van der Waals surface area contributed by atoms with Gasteiger partial charge < -0.3 is 10.1 Å². The van der Waals surface area contributed by atoms with Crippen LogP contribution in [0.4, 0.5) is 0 Å². The van der Waals surface area contributed by atoms with Crippen molar-refractivity contribution in [2.24, 2.45) is 0 Å². The van der Waals surface area contributed by atoms with E-state index in [4.69, 9.17) is 16.3 Å². The Morgan fingerprint density at radius 1 is 1.16 bits per heavy atom. The summed E-state index contributed by atoms with van der Waals surface area (Å²) in [6.45, 7) is 3.56. The number of carbonyl (C=O) groups is 2. The number of benzene rings is 2. The third-order valence-electron chi connectivity index (χ3n) is 3.55. The molecule has 0 aliphatic heterocycles. The monoisotopic (exact) mass is 377 g/mol. The van der Waals surface area contributed by atoms with Crippen LogP contribution in [0.25, 0.3) is 0 Å². The first-order chi connectivity index (χ1) is 12.0. The van der Waals surface area contributed by atoms with E-state index in [1.807, 2.05) is 50.2 Å². The number of hydrogen-bond donors (Lipinski definition) is 1. The molecule has 0 fully saturated rings. The second-order valence-electron chi connectivity index (χ2n) is 5.56. The minimum atomic E-state index is -0.414. The standard InChI is InChI=1S/C19H20ClNO3S/c1-13-5-3-4-6-17(13)25-12-19(23)24-11-18(22)21-14(2)15-7-9-16(20)10-8-15/h3-10,14H,11-12H2,1-2H3,(H,21,22)/t14-/m1/s1. The Hall–Kier alpha value is -1.98. The molecule has 2 aromatic carbocycles. The van der Waals surface area contributed by atoms with E-state index in [1.54, 1.807) is 12.1 Å². The van der Waals surface area contributed by atoms with E-state index in [1.165, 1.54) is 11.8 Å². The highest BCUT2D eigenvalue weighted by molar-refractivity contribution is 8.00. The maximum absolute atomic E-state index is 11.9. The van der Waals surface area contributed by atoms with E-state index >= 15 is 0 Å². The minimum absolute atomic E-state index is 0.171. The van der Waals surface area contributed by atoms with Gasteiger partial charge in [-0.05, 0) is 43.2 Å². The zero-order valence-corrected chi connectivity index (χ0v) is 15.7. The molecular formula is C19H20ClNO3S. The van der Waals surface area contributed by atoms with Gasteiger partial charge in [0.25, 0.3) is 5.91 Å². The molecule has 4 nitrogen and oxygen atoms in total. The molecular weight excluding hydrogens is 358 g/mol. The normalized spacial score (nSPS) is 11.6. The number of halogens is 1. The molecule has 132 valence electrons. The van der Waals surface area contributed by atoms with E-state index < -0.39 is 5.97 Å². The van der Waals surface area contributed by atoms with Gasteiger partial charge in [-0.3, -0.25) is 9.59 Å². The van der Waals surface area contributed by atoms with Crippen LogP contribution in [-0.4, -0.2) is 24.2 Å². The highest BCUT2D eigenvalue weighted by Gasteiger charge is 2.12. The predicted octanol–water partition coefficient (Wildman–Crippen LogP) is 4.16. The number of nitrogens with one attached hydrogen (secondary N) is 1. The number of ether oxygens (including phenoxy) is 1. The second kappa shape index (κ2) is 9.49. The van der Waals surface area contributed by atoms with Crippen LogP contribution in [0.2, 0.25) is 5.02 Å². The van der Waals surface area contributed by atoms with Gasteiger partial charge >= 0.3 is 5.97 Å². The molecule has 0 heterocycles. The minimum Gasteiger partial charge on any atom is -0.455 e. The van der Waals surface area contributed by atoms with Crippen molar-refractivity contribution in [3.63, 3.8) is 0 Å². The summed E-state index contributed by atoms with van der Waals surface area (Å²) in [7, 11) is 0. The fourth-order valence-corrected chi connectivity index (χ4v) is 3.11. The van der Waals surface area contributed by atoms with E-state index in [9.17, 15) is 9.59 Å². The second-order valence-corrected chi connectivity index (χ2v) is 7.01. The molecule has 0 saturated heterocycles. The summed E-state index contributed by atoms with van der Waals surface area (Å²) >= 11 is 7.24. The smallest absolute Gasteiger partial charge is 0.316 e. The van der Waals surface area contributed by atoms with Crippen LogP contribution in [0.1, 0.15) is 24.1 Å². The Morgan fingerprint density at radius 2 is 1.84 bits per heavy atom. The number of aryl methyl sites for hydroxylation is 1. The first-order valence-corrected chi connectivity index (χ1v) is 9.21. The van der Waals surface area contributed by atoms with Gasteiger partial charge in [-0.15, -0.1) is 11.8 Å². The van der Waals surface area contributed by atoms with Crippen LogP contribution in [0, 0.1) is 6.92 Å². The van der Waals surface area contributed by atoms with Crippen molar-refractivity contribution in [3.05, 3.63) is 64.7 Å². The molecule has 1 N–H and O–H groups in total. The van der Waals surface area contributed by atoms with Crippen molar-refractivity contribution in [3.8, 4) is 0 Å². The summed E-state index contributed by atoms with van der Waals surface area (Å²) in [4.78, 5) is 24.7. The Labute approximate surface area is 156 Å². The summed E-state index contributed by atoms with van der Waals surface area (Å²) in [5.74, 6) is -0.579. The Bertz CT molecular complexity index is 734. The van der Waals surface area contributed by atoms with Crippen molar-refractivity contribution in [2.45, 2.75) is 24.8 Å². The van der Waals surface area contributed by atoms with Crippen molar-refractivity contribution < 1.29 is 14.3 Å². The lowest BCUT2D eigenvalue weighted by Crippen LogP contribution is -2.31. The van der Waals surface area contributed by atoms with Gasteiger partial charge in [0.2, 0.25) is 0 Å². The van der Waals surface area contributed by atoms with Gasteiger partial charge in [-0.1, -0.05) is 41.9 Å². The Kier molecular flexibility index (Phi) is 7.34. The number of thioether (sulfide) groups is 1. The molecule has 2 aromatic rings. The highest BCUT2D eigenvalue weighted by Crippen LogP contribution is 2.21. The zero-order chi connectivity index (χ0) is 18.2. The number of esters is 1. The first kappa shape index (κ1) is 19.3. The molecule has 0 aliphatic rings. The molecule has 6 heteroatoms. The average molecular weight is 378 g/mol. The molecule has 1 atom stereocenters. The summed E-state index contributed by atoms with van der Waals surface area (Å²) in [6.07, 6.45) is 0. The Morgan fingerprint density at radius 3 is 2.52 bits per heavy atom. The predicted molar refractivity (Wildman–Crippen MR) is 101 cm³/mol. The molecule has 25 heavy (non-hydrogen) atoms. The van der Waals surface area contributed by atoms with Crippen molar-refractivity contribution in [1.82, 2.24) is 5.32 Å². The van der Waals surface area contributed by atoms with Gasteiger partial charge in [0, 0.05) is 9.92 Å². The van der Waals surface area contributed by atoms with Crippen molar-refractivity contribution in [2.75, 3.05) is 12.4 Å². The van der Waals surface area contributed by atoms with E-state index in [0.29, 0.717) is 5.02 Å². The molecule has 0 saturated carbocycles. The fourth-order valence-electron chi connectivity index (χ4n) is 2.16. The molecule has 1 amide bonds. The SMILES string of the molecule is Cc1ccccc1SCC(=O)OCC(=O)N[C@H](C)c1ccc(Cl)cc1. The van der Waals surface area contributed by atoms with Crippen LogP contribution in [0.3, 0.4) is 0 Å². The first-order valence-electron chi connectivity index (χ1n) is 7.84. The van der Waals surface area contributed by atoms with Crippen LogP contribution in [-0.2, 0) is 14.3 Å². The maximum Gasteiger partial charge on any atom is 0.316 e. The van der Waals surface area contributed by atoms with Gasteiger partial charge in [-0.25, -0.2) is 0 Å². The largest absolute Gasteiger partial charge is 0.455 e. The number of amides is 1. The third kappa shape index (κ3) is 6.44. The summed E-state index contributed by atoms with van der Waals surface area (Å²) in [5, 5.41) is 3.43. The molecule has 0 aromatic heterocycles. The fraction of sp³-hybridized carbons (Fsp3) is 0.263. The molecule has 0 unspecified atom stereocenters.